The number of nitrogens with one attached hydrogen (secondary N) is 2. The summed E-state index contributed by atoms with van der Waals surface area (Å²) in [6.07, 6.45) is 2.47. The van der Waals surface area contributed by atoms with Crippen LogP contribution in [0.2, 0.25) is 0 Å². The third-order valence-corrected chi connectivity index (χ3v) is 3.66. The van der Waals surface area contributed by atoms with Crippen molar-refractivity contribution in [1.82, 2.24) is 10.6 Å². The zero-order valence-corrected chi connectivity index (χ0v) is 9.31. The van der Waals surface area contributed by atoms with Crippen molar-refractivity contribution in [3.05, 3.63) is 0 Å². The summed E-state index contributed by atoms with van der Waals surface area (Å²) >= 11 is 0. The Morgan fingerprint density at radius 2 is 2.43 bits per heavy atom. The molecular weight excluding hydrogens is 176 g/mol. The van der Waals surface area contributed by atoms with Crippen molar-refractivity contribution < 1.29 is 4.74 Å². The largest absolute Gasteiger partial charge is 0.379 e. The van der Waals surface area contributed by atoms with E-state index in [9.17, 15) is 0 Å². The van der Waals surface area contributed by atoms with E-state index in [1.54, 1.807) is 0 Å². The minimum atomic E-state index is 0.226. The molecule has 0 radical (unpaired) electrons. The molecule has 14 heavy (non-hydrogen) atoms. The molecule has 0 aromatic rings. The monoisotopic (exact) mass is 198 g/mol. The van der Waals surface area contributed by atoms with Gasteiger partial charge in [0.05, 0.1) is 6.61 Å². The molecule has 82 valence electrons. The number of ether oxygens (including phenoxy) is 1. The van der Waals surface area contributed by atoms with Crippen molar-refractivity contribution in [1.29, 1.82) is 0 Å². The molecule has 3 heteroatoms. The Labute approximate surface area is 86.6 Å². The number of hydrogen-bond acceptors (Lipinski definition) is 3. The van der Waals surface area contributed by atoms with Crippen LogP contribution in [0.4, 0.5) is 0 Å². The van der Waals surface area contributed by atoms with Crippen molar-refractivity contribution in [3.8, 4) is 0 Å². The molecule has 0 aliphatic carbocycles. The smallest absolute Gasteiger partial charge is 0.0646 e. The van der Waals surface area contributed by atoms with Gasteiger partial charge in [-0.1, -0.05) is 6.92 Å². The Balaban J connectivity index is 1.75. The fraction of sp³-hybridized carbons (Fsp3) is 1.00. The van der Waals surface area contributed by atoms with Crippen LogP contribution in [-0.2, 0) is 4.74 Å². The van der Waals surface area contributed by atoms with E-state index < -0.39 is 0 Å². The summed E-state index contributed by atoms with van der Waals surface area (Å²) in [5, 5.41) is 7.19. The van der Waals surface area contributed by atoms with Gasteiger partial charge in [-0.15, -0.1) is 0 Å². The first kappa shape index (κ1) is 10.4. The molecule has 0 bridgehead atoms. The maximum atomic E-state index is 5.42. The lowest BCUT2D eigenvalue weighted by Crippen LogP contribution is -2.49. The van der Waals surface area contributed by atoms with Gasteiger partial charge in [0, 0.05) is 24.7 Å². The molecule has 0 aromatic carbocycles. The van der Waals surface area contributed by atoms with E-state index in [1.807, 2.05) is 0 Å². The molecule has 0 aromatic heterocycles. The summed E-state index contributed by atoms with van der Waals surface area (Å²) in [4.78, 5) is 0. The summed E-state index contributed by atoms with van der Waals surface area (Å²) < 4.78 is 5.42. The van der Waals surface area contributed by atoms with E-state index in [-0.39, 0.29) is 5.54 Å². The van der Waals surface area contributed by atoms with Crippen molar-refractivity contribution in [2.24, 2.45) is 5.92 Å². The van der Waals surface area contributed by atoms with Crippen molar-refractivity contribution in [2.75, 3.05) is 26.3 Å². The van der Waals surface area contributed by atoms with E-state index in [0.29, 0.717) is 6.04 Å². The Kier molecular flexibility index (Phi) is 3.10. The molecule has 2 saturated heterocycles. The number of hydrogen-bond donors (Lipinski definition) is 2. The summed E-state index contributed by atoms with van der Waals surface area (Å²) in [5.74, 6) is 0.813. The SMILES string of the molecule is CC1CCNC1CNC1(C)CCOC1. The third-order valence-electron chi connectivity index (χ3n) is 3.66. The molecule has 2 aliphatic heterocycles. The lowest BCUT2D eigenvalue weighted by molar-refractivity contribution is 0.170. The van der Waals surface area contributed by atoms with E-state index in [0.717, 1.165) is 32.1 Å². The van der Waals surface area contributed by atoms with Gasteiger partial charge >= 0.3 is 0 Å². The van der Waals surface area contributed by atoms with Gasteiger partial charge < -0.3 is 15.4 Å². The fourth-order valence-corrected chi connectivity index (χ4v) is 2.33. The van der Waals surface area contributed by atoms with Crippen LogP contribution in [0.1, 0.15) is 26.7 Å². The second-order valence-electron chi connectivity index (χ2n) is 5.07. The molecule has 0 amide bonds. The molecule has 0 saturated carbocycles. The normalized spacial score (nSPS) is 43.3. The topological polar surface area (TPSA) is 33.3 Å². The summed E-state index contributed by atoms with van der Waals surface area (Å²) in [5.41, 5.74) is 0.226. The first-order valence-corrected chi connectivity index (χ1v) is 5.76. The van der Waals surface area contributed by atoms with E-state index in [4.69, 9.17) is 4.74 Å². The van der Waals surface area contributed by atoms with Crippen molar-refractivity contribution in [3.63, 3.8) is 0 Å². The average Bonchev–Trinajstić information content (AvgIpc) is 2.73. The van der Waals surface area contributed by atoms with E-state index in [2.05, 4.69) is 24.5 Å². The van der Waals surface area contributed by atoms with Gasteiger partial charge in [-0.25, -0.2) is 0 Å². The zero-order chi connectivity index (χ0) is 10.0. The van der Waals surface area contributed by atoms with Crippen LogP contribution in [0, 0.1) is 5.92 Å². The molecule has 2 rings (SSSR count). The van der Waals surface area contributed by atoms with E-state index in [1.165, 1.54) is 13.0 Å². The lowest BCUT2D eigenvalue weighted by Gasteiger charge is -2.27. The zero-order valence-electron chi connectivity index (χ0n) is 9.31. The van der Waals surface area contributed by atoms with E-state index >= 15 is 0 Å². The minimum absolute atomic E-state index is 0.226. The molecule has 2 heterocycles. The molecule has 3 nitrogen and oxygen atoms in total. The molecular formula is C11H22N2O. The highest BCUT2D eigenvalue weighted by atomic mass is 16.5. The van der Waals surface area contributed by atoms with Crippen LogP contribution < -0.4 is 10.6 Å². The molecule has 2 fully saturated rings. The summed E-state index contributed by atoms with van der Waals surface area (Å²) in [6.45, 7) is 8.65. The Morgan fingerprint density at radius 1 is 1.57 bits per heavy atom. The van der Waals surface area contributed by atoms with Crippen LogP contribution in [0.3, 0.4) is 0 Å². The summed E-state index contributed by atoms with van der Waals surface area (Å²) in [7, 11) is 0. The number of rotatable bonds is 3. The van der Waals surface area contributed by atoms with Crippen LogP contribution in [0.15, 0.2) is 0 Å². The van der Waals surface area contributed by atoms with Gasteiger partial charge in [0.15, 0.2) is 0 Å². The second kappa shape index (κ2) is 4.17. The summed E-state index contributed by atoms with van der Waals surface area (Å²) in [6, 6.07) is 0.660. The van der Waals surface area contributed by atoms with Gasteiger partial charge in [-0.05, 0) is 32.2 Å². The average molecular weight is 198 g/mol. The Hall–Kier alpha value is -0.120. The maximum Gasteiger partial charge on any atom is 0.0646 e. The minimum Gasteiger partial charge on any atom is -0.379 e. The highest BCUT2D eigenvalue weighted by Gasteiger charge is 2.31. The van der Waals surface area contributed by atoms with Crippen molar-refractivity contribution >= 4 is 0 Å². The maximum absolute atomic E-state index is 5.42. The van der Waals surface area contributed by atoms with Crippen LogP contribution >= 0.6 is 0 Å². The van der Waals surface area contributed by atoms with Gasteiger partial charge in [0.2, 0.25) is 0 Å². The standard InChI is InChI=1S/C11H22N2O/c1-9-3-5-12-10(9)7-13-11(2)4-6-14-8-11/h9-10,12-13H,3-8H2,1-2H3. The van der Waals surface area contributed by atoms with Crippen LogP contribution in [0.5, 0.6) is 0 Å². The third kappa shape index (κ3) is 2.27. The quantitative estimate of drug-likeness (QED) is 0.702. The van der Waals surface area contributed by atoms with Gasteiger partial charge in [0.25, 0.3) is 0 Å². The van der Waals surface area contributed by atoms with Gasteiger partial charge in [-0.3, -0.25) is 0 Å². The van der Waals surface area contributed by atoms with Gasteiger partial charge in [0.1, 0.15) is 0 Å². The molecule has 2 N–H and O–H groups in total. The first-order chi connectivity index (χ1) is 6.70. The first-order valence-electron chi connectivity index (χ1n) is 5.76. The molecule has 0 spiro atoms. The Bertz CT molecular complexity index is 190. The molecule has 2 aliphatic rings. The van der Waals surface area contributed by atoms with Crippen LogP contribution in [-0.4, -0.2) is 37.9 Å². The Morgan fingerprint density at radius 3 is 3.00 bits per heavy atom. The van der Waals surface area contributed by atoms with Crippen LogP contribution in [0.25, 0.3) is 0 Å². The molecule has 3 atom stereocenters. The fourth-order valence-electron chi connectivity index (χ4n) is 2.33. The van der Waals surface area contributed by atoms with Gasteiger partial charge in [-0.2, -0.15) is 0 Å². The highest BCUT2D eigenvalue weighted by Crippen LogP contribution is 2.19. The second-order valence-corrected chi connectivity index (χ2v) is 5.07. The predicted molar refractivity (Wildman–Crippen MR) is 57.4 cm³/mol. The lowest BCUT2D eigenvalue weighted by atomic mass is 9.99. The molecule has 3 unspecified atom stereocenters. The highest BCUT2D eigenvalue weighted by molar-refractivity contribution is 4.91. The van der Waals surface area contributed by atoms with Crippen molar-refractivity contribution in [2.45, 2.75) is 38.3 Å². The predicted octanol–water partition coefficient (Wildman–Crippen LogP) is 0.753.